The molecule has 0 aliphatic rings. The molecule has 0 radical (unpaired) electrons. The number of nitrogens with one attached hydrogen (secondary N) is 1. The van der Waals surface area contributed by atoms with Crippen LogP contribution >= 0.6 is 34.7 Å². The topological polar surface area (TPSA) is 42.0 Å². The van der Waals surface area contributed by atoms with E-state index in [-0.39, 0.29) is 23.2 Å². The first kappa shape index (κ1) is 18.8. The smallest absolute Gasteiger partial charge is 0.230 e. The van der Waals surface area contributed by atoms with Crippen LogP contribution in [0.4, 0.5) is 14.5 Å². The van der Waals surface area contributed by atoms with E-state index in [1.165, 1.54) is 53.4 Å². The molecule has 1 heterocycles. The second kappa shape index (κ2) is 8.62. The van der Waals surface area contributed by atoms with Crippen LogP contribution in [0.3, 0.4) is 0 Å². The van der Waals surface area contributed by atoms with Gasteiger partial charge in [0.15, 0.2) is 0 Å². The van der Waals surface area contributed by atoms with Gasteiger partial charge in [-0.3, -0.25) is 4.79 Å². The van der Waals surface area contributed by atoms with Crippen molar-refractivity contribution in [3.8, 4) is 0 Å². The monoisotopic (exact) mass is 410 g/mol. The Morgan fingerprint density at radius 3 is 2.69 bits per heavy atom. The summed E-state index contributed by atoms with van der Waals surface area (Å²) in [7, 11) is 0. The Labute approximate surface area is 162 Å². The number of halogens is 3. The lowest BCUT2D eigenvalue weighted by atomic mass is 10.2. The minimum atomic E-state index is -0.535. The molecule has 3 nitrogen and oxygen atoms in total. The fraction of sp³-hybridized carbons (Fsp3) is 0.111. The third-order valence-electron chi connectivity index (χ3n) is 3.35. The number of hydrogen-bond donors (Lipinski definition) is 1. The van der Waals surface area contributed by atoms with Gasteiger partial charge < -0.3 is 5.32 Å². The third kappa shape index (κ3) is 5.27. The van der Waals surface area contributed by atoms with Gasteiger partial charge in [0, 0.05) is 16.8 Å². The minimum Gasteiger partial charge on any atom is -0.326 e. The molecule has 3 rings (SSSR count). The number of carbonyl (C=O) groups is 1. The molecule has 8 heteroatoms. The van der Waals surface area contributed by atoms with Crippen LogP contribution in [0, 0.1) is 11.6 Å². The van der Waals surface area contributed by atoms with Crippen molar-refractivity contribution in [3.63, 3.8) is 0 Å². The highest BCUT2D eigenvalue weighted by Gasteiger charge is 2.10. The van der Waals surface area contributed by atoms with Crippen molar-refractivity contribution in [2.75, 3.05) is 5.32 Å². The van der Waals surface area contributed by atoms with Gasteiger partial charge in [-0.05, 0) is 35.9 Å². The number of aromatic nitrogens is 1. The van der Waals surface area contributed by atoms with Gasteiger partial charge in [0.2, 0.25) is 5.91 Å². The first-order chi connectivity index (χ1) is 12.5. The summed E-state index contributed by atoms with van der Waals surface area (Å²) in [5, 5.41) is 4.44. The van der Waals surface area contributed by atoms with Crippen molar-refractivity contribution >= 4 is 46.3 Å². The molecule has 2 aromatic carbocycles. The van der Waals surface area contributed by atoms with Crippen LogP contribution in [0.2, 0.25) is 5.02 Å². The van der Waals surface area contributed by atoms with E-state index >= 15 is 0 Å². The summed E-state index contributed by atoms with van der Waals surface area (Å²) in [6, 6.07) is 10.3. The molecule has 1 N–H and O–H groups in total. The quantitative estimate of drug-likeness (QED) is 0.542. The van der Waals surface area contributed by atoms with Crippen LogP contribution in [0.1, 0.15) is 11.3 Å². The molecule has 1 aromatic heterocycles. The normalized spacial score (nSPS) is 10.7. The average Bonchev–Trinajstić information content (AvgIpc) is 3.05. The van der Waals surface area contributed by atoms with Crippen molar-refractivity contribution in [1.82, 2.24) is 4.98 Å². The number of benzene rings is 2. The van der Waals surface area contributed by atoms with E-state index < -0.39 is 5.82 Å². The van der Waals surface area contributed by atoms with Crippen molar-refractivity contribution in [3.05, 3.63) is 75.8 Å². The fourth-order valence-corrected chi connectivity index (χ4v) is 4.09. The van der Waals surface area contributed by atoms with Gasteiger partial charge >= 0.3 is 0 Å². The van der Waals surface area contributed by atoms with Gasteiger partial charge in [-0.1, -0.05) is 35.5 Å². The molecule has 0 unspecified atom stereocenters. The maximum absolute atomic E-state index is 13.1. The average molecular weight is 411 g/mol. The highest BCUT2D eigenvalue weighted by Crippen LogP contribution is 2.26. The summed E-state index contributed by atoms with van der Waals surface area (Å²) < 4.78 is 26.9. The molecule has 134 valence electrons. The van der Waals surface area contributed by atoms with Crippen LogP contribution in [-0.4, -0.2) is 10.9 Å². The van der Waals surface area contributed by atoms with E-state index in [9.17, 15) is 13.6 Å². The number of hydrogen-bond acceptors (Lipinski definition) is 4. The number of amides is 1. The predicted octanol–water partition coefficient (Wildman–Crippen LogP) is 5.55. The zero-order chi connectivity index (χ0) is 18.5. The largest absolute Gasteiger partial charge is 0.326 e. The SMILES string of the molecule is O=C(Cc1csc(SCc2ccc(F)cc2)n1)Nc1ccc(F)c(Cl)c1. The standard InChI is InChI=1S/C18H13ClF2N2OS2/c19-15-7-13(5-6-16(15)21)22-17(24)8-14-10-26-18(23-14)25-9-11-1-3-12(20)4-2-11/h1-7,10H,8-9H2,(H,22,24). The van der Waals surface area contributed by atoms with Gasteiger partial charge in [-0.15, -0.1) is 11.3 Å². The fourth-order valence-electron chi connectivity index (χ4n) is 2.11. The van der Waals surface area contributed by atoms with Crippen LogP contribution in [0.5, 0.6) is 0 Å². The summed E-state index contributed by atoms with van der Waals surface area (Å²) in [6.45, 7) is 0. The lowest BCUT2D eigenvalue weighted by Gasteiger charge is -2.04. The van der Waals surface area contributed by atoms with Crippen LogP contribution in [0.25, 0.3) is 0 Å². The van der Waals surface area contributed by atoms with Crippen molar-refractivity contribution in [1.29, 1.82) is 0 Å². The molecule has 26 heavy (non-hydrogen) atoms. The Hall–Kier alpha value is -1.96. The van der Waals surface area contributed by atoms with Crippen molar-refractivity contribution < 1.29 is 13.6 Å². The number of nitrogens with zero attached hydrogens (tertiary/aromatic N) is 1. The number of thiazole rings is 1. The van der Waals surface area contributed by atoms with E-state index in [1.807, 2.05) is 5.38 Å². The van der Waals surface area contributed by atoms with Crippen LogP contribution in [-0.2, 0) is 17.0 Å². The van der Waals surface area contributed by atoms with Crippen molar-refractivity contribution in [2.24, 2.45) is 0 Å². The van der Waals surface area contributed by atoms with Gasteiger partial charge in [-0.25, -0.2) is 13.8 Å². The first-order valence-corrected chi connectivity index (χ1v) is 9.80. The zero-order valence-corrected chi connectivity index (χ0v) is 15.7. The van der Waals surface area contributed by atoms with E-state index in [1.54, 1.807) is 12.1 Å². The second-order valence-corrected chi connectivity index (χ2v) is 7.86. The number of anilines is 1. The van der Waals surface area contributed by atoms with E-state index in [4.69, 9.17) is 11.6 Å². The van der Waals surface area contributed by atoms with Crippen LogP contribution in [0.15, 0.2) is 52.2 Å². The van der Waals surface area contributed by atoms with Gasteiger partial charge in [0.05, 0.1) is 17.1 Å². The van der Waals surface area contributed by atoms with Gasteiger partial charge in [0.25, 0.3) is 0 Å². The Bertz CT molecular complexity index is 916. The molecule has 0 fully saturated rings. The molecule has 0 aliphatic carbocycles. The summed E-state index contributed by atoms with van der Waals surface area (Å²) >= 11 is 8.67. The van der Waals surface area contributed by atoms with Gasteiger partial charge in [-0.2, -0.15) is 0 Å². The summed E-state index contributed by atoms with van der Waals surface area (Å²) in [4.78, 5) is 16.5. The lowest BCUT2D eigenvalue weighted by Crippen LogP contribution is -2.14. The number of carbonyl (C=O) groups excluding carboxylic acids is 1. The second-order valence-electron chi connectivity index (χ2n) is 5.37. The number of thioether (sulfide) groups is 1. The number of rotatable bonds is 6. The Kier molecular flexibility index (Phi) is 6.24. The molecule has 3 aromatic rings. The van der Waals surface area contributed by atoms with E-state index in [0.717, 1.165) is 9.90 Å². The minimum absolute atomic E-state index is 0.0454. The maximum Gasteiger partial charge on any atom is 0.230 e. The Balaban J connectivity index is 1.53. The molecule has 0 atom stereocenters. The molecule has 0 saturated heterocycles. The predicted molar refractivity (Wildman–Crippen MR) is 102 cm³/mol. The highest BCUT2D eigenvalue weighted by atomic mass is 35.5. The van der Waals surface area contributed by atoms with Crippen molar-refractivity contribution in [2.45, 2.75) is 16.5 Å². The molecule has 1 amide bonds. The third-order valence-corrected chi connectivity index (χ3v) is 5.78. The Morgan fingerprint density at radius 2 is 1.96 bits per heavy atom. The molecule has 0 spiro atoms. The first-order valence-electron chi connectivity index (χ1n) is 7.56. The summed E-state index contributed by atoms with van der Waals surface area (Å²) in [5.74, 6) is -0.378. The summed E-state index contributed by atoms with van der Waals surface area (Å²) in [5.41, 5.74) is 2.09. The molecule has 0 bridgehead atoms. The molecule has 0 saturated carbocycles. The maximum atomic E-state index is 13.1. The van der Waals surface area contributed by atoms with E-state index in [0.29, 0.717) is 17.1 Å². The van der Waals surface area contributed by atoms with E-state index in [2.05, 4.69) is 10.3 Å². The molecular weight excluding hydrogens is 398 g/mol. The lowest BCUT2D eigenvalue weighted by molar-refractivity contribution is -0.115. The van der Waals surface area contributed by atoms with Gasteiger partial charge in [0.1, 0.15) is 16.0 Å². The Morgan fingerprint density at radius 1 is 1.19 bits per heavy atom. The molecule has 0 aliphatic heterocycles. The highest BCUT2D eigenvalue weighted by molar-refractivity contribution is 8.00. The zero-order valence-electron chi connectivity index (χ0n) is 13.3. The summed E-state index contributed by atoms with van der Waals surface area (Å²) in [6.07, 6.45) is 0.114. The van der Waals surface area contributed by atoms with Crippen LogP contribution < -0.4 is 5.32 Å². The molecular formula is C18H13ClF2N2OS2.